The molecule has 2 unspecified atom stereocenters. The molecule has 0 aromatic heterocycles. The Morgan fingerprint density at radius 3 is 2.18 bits per heavy atom. The molecular weight excluding hydrogens is 418 g/mol. The Morgan fingerprint density at radius 2 is 1.61 bits per heavy atom. The van der Waals surface area contributed by atoms with Crippen molar-refractivity contribution in [1.29, 1.82) is 0 Å². The number of carbonyl (C=O) groups is 2. The summed E-state index contributed by atoms with van der Waals surface area (Å²) in [5.41, 5.74) is 0.568. The van der Waals surface area contributed by atoms with Crippen LogP contribution < -0.4 is 5.32 Å². The SMILES string of the molecule is O=C1OC(c2ccccc2)(c2ccccc2)N2C1CNCC2C(=O)C1CCN(CCO)CC1. The molecule has 0 bridgehead atoms. The first-order chi connectivity index (χ1) is 16.1. The number of likely N-dealkylation sites (tertiary alicyclic amines) is 1. The number of β-amino-alcohol motifs (C(OH)–C–C–N with tert-alkyl or cyclic N) is 1. The number of piperazine rings is 1. The summed E-state index contributed by atoms with van der Waals surface area (Å²) in [6, 6.07) is 18.5. The van der Waals surface area contributed by atoms with Crippen molar-refractivity contribution in [3.8, 4) is 0 Å². The Balaban J connectivity index is 1.53. The summed E-state index contributed by atoms with van der Waals surface area (Å²) in [6.45, 7) is 3.34. The number of rotatable bonds is 6. The van der Waals surface area contributed by atoms with E-state index in [1.165, 1.54) is 0 Å². The van der Waals surface area contributed by atoms with E-state index in [4.69, 9.17) is 4.74 Å². The average Bonchev–Trinajstić information content (AvgIpc) is 3.19. The summed E-state index contributed by atoms with van der Waals surface area (Å²) < 4.78 is 6.24. The zero-order valence-corrected chi connectivity index (χ0v) is 18.7. The van der Waals surface area contributed by atoms with Crippen LogP contribution >= 0.6 is 0 Å². The molecule has 174 valence electrons. The second-order valence-corrected chi connectivity index (χ2v) is 9.14. The summed E-state index contributed by atoms with van der Waals surface area (Å²) in [7, 11) is 0. The molecule has 3 aliphatic heterocycles. The molecule has 3 saturated heterocycles. The number of benzene rings is 2. The summed E-state index contributed by atoms with van der Waals surface area (Å²) in [6.07, 6.45) is 1.54. The summed E-state index contributed by atoms with van der Waals surface area (Å²) >= 11 is 0. The van der Waals surface area contributed by atoms with Gasteiger partial charge in [-0.15, -0.1) is 0 Å². The number of Topliss-reactive ketones (excluding diaryl/α,β-unsaturated/α-hetero) is 1. The van der Waals surface area contributed by atoms with Gasteiger partial charge < -0.3 is 20.1 Å². The van der Waals surface area contributed by atoms with Crippen molar-refractivity contribution in [3.05, 3.63) is 71.8 Å². The van der Waals surface area contributed by atoms with E-state index in [1.807, 2.05) is 65.6 Å². The van der Waals surface area contributed by atoms with E-state index in [2.05, 4.69) is 10.2 Å². The van der Waals surface area contributed by atoms with Gasteiger partial charge in [0.15, 0.2) is 5.78 Å². The van der Waals surface area contributed by atoms with Crippen LogP contribution in [0.5, 0.6) is 0 Å². The first-order valence-electron chi connectivity index (χ1n) is 11.8. The Kier molecular flexibility index (Phi) is 6.29. The Bertz CT molecular complexity index is 936. The number of piperidine rings is 1. The van der Waals surface area contributed by atoms with Crippen LogP contribution in [-0.4, -0.2) is 78.1 Å². The lowest BCUT2D eigenvalue weighted by Crippen LogP contribution is -2.65. The summed E-state index contributed by atoms with van der Waals surface area (Å²) in [4.78, 5) is 31.3. The van der Waals surface area contributed by atoms with Crippen LogP contribution in [0, 0.1) is 5.92 Å². The predicted molar refractivity (Wildman–Crippen MR) is 123 cm³/mol. The molecule has 0 spiro atoms. The van der Waals surface area contributed by atoms with E-state index < -0.39 is 17.8 Å². The smallest absolute Gasteiger partial charge is 0.327 e. The third kappa shape index (κ3) is 3.89. The third-order valence-electron chi connectivity index (χ3n) is 7.30. The predicted octanol–water partition coefficient (Wildman–Crippen LogP) is 1.36. The molecule has 0 saturated carbocycles. The van der Waals surface area contributed by atoms with Crippen LogP contribution in [0.2, 0.25) is 0 Å². The molecule has 7 nitrogen and oxygen atoms in total. The minimum Gasteiger partial charge on any atom is -0.434 e. The molecule has 0 aliphatic carbocycles. The van der Waals surface area contributed by atoms with Gasteiger partial charge in [0.25, 0.3) is 0 Å². The maximum absolute atomic E-state index is 13.9. The van der Waals surface area contributed by atoms with Crippen LogP contribution in [0.3, 0.4) is 0 Å². The minimum absolute atomic E-state index is 0.0644. The van der Waals surface area contributed by atoms with Crippen molar-refractivity contribution in [2.45, 2.75) is 30.7 Å². The molecule has 2 aromatic rings. The van der Waals surface area contributed by atoms with E-state index in [1.54, 1.807) is 0 Å². The minimum atomic E-state index is -1.13. The summed E-state index contributed by atoms with van der Waals surface area (Å²) in [5.74, 6) is -0.193. The number of fused-ring (bicyclic) bond motifs is 1. The summed E-state index contributed by atoms with van der Waals surface area (Å²) in [5, 5.41) is 12.5. The Morgan fingerprint density at radius 1 is 1.00 bits per heavy atom. The maximum Gasteiger partial charge on any atom is 0.327 e. The van der Waals surface area contributed by atoms with E-state index in [-0.39, 0.29) is 24.3 Å². The Hall–Kier alpha value is -2.58. The molecule has 0 radical (unpaired) electrons. The second kappa shape index (κ2) is 9.35. The molecule has 2 aromatic carbocycles. The lowest BCUT2D eigenvalue weighted by atomic mass is 9.84. The topological polar surface area (TPSA) is 82.1 Å². The quantitative estimate of drug-likeness (QED) is 0.645. The van der Waals surface area contributed by atoms with Crippen LogP contribution in [0.4, 0.5) is 0 Å². The van der Waals surface area contributed by atoms with Gasteiger partial charge in [0.2, 0.25) is 5.72 Å². The number of nitrogens with zero attached hydrogens (tertiary/aromatic N) is 2. The van der Waals surface area contributed by atoms with Gasteiger partial charge in [-0.25, -0.2) is 4.90 Å². The van der Waals surface area contributed by atoms with Crippen LogP contribution in [-0.2, 0) is 20.1 Å². The molecule has 3 aliphatic rings. The molecule has 3 heterocycles. The molecule has 2 atom stereocenters. The van der Waals surface area contributed by atoms with E-state index >= 15 is 0 Å². The van der Waals surface area contributed by atoms with Crippen LogP contribution in [0.25, 0.3) is 0 Å². The van der Waals surface area contributed by atoms with Gasteiger partial charge in [0, 0.05) is 36.7 Å². The zero-order valence-electron chi connectivity index (χ0n) is 18.7. The van der Waals surface area contributed by atoms with Crippen molar-refractivity contribution in [3.63, 3.8) is 0 Å². The third-order valence-corrected chi connectivity index (χ3v) is 7.30. The second-order valence-electron chi connectivity index (χ2n) is 9.14. The lowest BCUT2D eigenvalue weighted by Gasteiger charge is -2.46. The fourth-order valence-corrected chi connectivity index (χ4v) is 5.68. The first-order valence-corrected chi connectivity index (χ1v) is 11.8. The highest BCUT2D eigenvalue weighted by molar-refractivity contribution is 5.89. The number of ketones is 1. The first kappa shape index (κ1) is 22.2. The zero-order chi connectivity index (χ0) is 22.8. The molecular formula is C26H31N3O4. The highest BCUT2D eigenvalue weighted by Gasteiger charge is 2.60. The van der Waals surface area contributed by atoms with Crippen molar-refractivity contribution in [2.24, 2.45) is 5.92 Å². The number of cyclic esters (lactones) is 1. The maximum atomic E-state index is 13.9. The number of esters is 1. The fourth-order valence-electron chi connectivity index (χ4n) is 5.68. The van der Waals surface area contributed by atoms with E-state index in [0.29, 0.717) is 19.6 Å². The van der Waals surface area contributed by atoms with Crippen LogP contribution in [0.15, 0.2) is 60.7 Å². The molecule has 7 heteroatoms. The lowest BCUT2D eigenvalue weighted by molar-refractivity contribution is -0.153. The molecule has 33 heavy (non-hydrogen) atoms. The van der Waals surface area contributed by atoms with Crippen molar-refractivity contribution in [2.75, 3.05) is 39.3 Å². The van der Waals surface area contributed by atoms with Gasteiger partial charge >= 0.3 is 5.97 Å². The van der Waals surface area contributed by atoms with E-state index in [0.717, 1.165) is 37.1 Å². The van der Waals surface area contributed by atoms with Crippen LogP contribution in [0.1, 0.15) is 24.0 Å². The van der Waals surface area contributed by atoms with Crippen molar-refractivity contribution >= 4 is 11.8 Å². The largest absolute Gasteiger partial charge is 0.434 e. The highest BCUT2D eigenvalue weighted by Crippen LogP contribution is 2.46. The molecule has 2 N–H and O–H groups in total. The number of carbonyl (C=O) groups excluding carboxylic acids is 2. The number of hydrogen-bond acceptors (Lipinski definition) is 7. The monoisotopic (exact) mass is 449 g/mol. The number of aliphatic hydroxyl groups is 1. The van der Waals surface area contributed by atoms with Crippen molar-refractivity contribution < 1.29 is 19.4 Å². The van der Waals surface area contributed by atoms with Gasteiger partial charge in [-0.05, 0) is 25.9 Å². The Labute approximate surface area is 194 Å². The number of ether oxygens (including phenoxy) is 1. The van der Waals surface area contributed by atoms with E-state index in [9.17, 15) is 14.7 Å². The standard InChI is InChI=1S/C26H31N3O4/c30-16-15-28-13-11-19(12-14-28)24(31)22-17-27-18-23-25(32)33-26(29(22)23,20-7-3-1-4-8-20)21-9-5-2-6-10-21/h1-10,19,22-23,27,30H,11-18H2. The molecule has 0 amide bonds. The van der Waals surface area contributed by atoms with Gasteiger partial charge in [0.05, 0.1) is 12.6 Å². The number of hydrogen-bond donors (Lipinski definition) is 2. The van der Waals surface area contributed by atoms with Gasteiger partial charge in [0.1, 0.15) is 6.04 Å². The normalized spacial score (nSPS) is 26.0. The molecule has 3 fully saturated rings. The van der Waals surface area contributed by atoms with Gasteiger partial charge in [-0.2, -0.15) is 0 Å². The number of nitrogens with one attached hydrogen (secondary N) is 1. The highest BCUT2D eigenvalue weighted by atomic mass is 16.6. The van der Waals surface area contributed by atoms with Gasteiger partial charge in [-0.3, -0.25) is 9.59 Å². The number of aliphatic hydroxyl groups excluding tert-OH is 1. The average molecular weight is 450 g/mol. The van der Waals surface area contributed by atoms with Crippen molar-refractivity contribution in [1.82, 2.24) is 15.1 Å². The molecule has 5 rings (SSSR count). The van der Waals surface area contributed by atoms with Gasteiger partial charge in [-0.1, -0.05) is 60.7 Å². The fraction of sp³-hybridized carbons (Fsp3) is 0.462.